The molecule has 0 bridgehead atoms. The number of benzene rings is 2. The number of anilines is 1. The van der Waals surface area contributed by atoms with Crippen LogP contribution in [-0.2, 0) is 0 Å². The summed E-state index contributed by atoms with van der Waals surface area (Å²) in [5.41, 5.74) is 0.848. The lowest BCUT2D eigenvalue weighted by atomic mass is 10.1. The molecule has 0 saturated carbocycles. The van der Waals surface area contributed by atoms with Gasteiger partial charge in [0.25, 0.3) is 0 Å². The molecule has 1 atom stereocenters. The molecule has 0 radical (unpaired) electrons. The van der Waals surface area contributed by atoms with Gasteiger partial charge in [0.05, 0.1) is 24.3 Å². The van der Waals surface area contributed by atoms with Crippen LogP contribution in [0.3, 0.4) is 0 Å². The van der Waals surface area contributed by atoms with E-state index in [-0.39, 0.29) is 5.56 Å². The number of ether oxygens (including phenoxy) is 1. The van der Waals surface area contributed by atoms with Crippen LogP contribution < -0.4 is 10.1 Å². The topological polar surface area (TPSA) is 45.0 Å². The average molecular weight is 288 g/mol. The van der Waals surface area contributed by atoms with E-state index in [1.54, 1.807) is 25.1 Å². The van der Waals surface area contributed by atoms with E-state index in [4.69, 9.17) is 10.00 Å². The smallest absolute Gasteiger partial charge is 0.141 e. The van der Waals surface area contributed by atoms with E-state index < -0.39 is 17.7 Å². The number of rotatable bonds is 4. The van der Waals surface area contributed by atoms with E-state index in [0.717, 1.165) is 0 Å². The zero-order chi connectivity index (χ0) is 15.4. The number of nitrogens with one attached hydrogen (secondary N) is 1. The maximum Gasteiger partial charge on any atom is 0.141 e. The summed E-state index contributed by atoms with van der Waals surface area (Å²) in [6, 6.07) is 10.0. The molecule has 0 saturated heterocycles. The predicted octanol–water partition coefficient (Wildman–Crippen LogP) is 4.02. The lowest BCUT2D eigenvalue weighted by Crippen LogP contribution is -2.10. The van der Waals surface area contributed by atoms with Crippen LogP contribution in [0.25, 0.3) is 0 Å². The Morgan fingerprint density at radius 3 is 2.62 bits per heavy atom. The predicted molar refractivity (Wildman–Crippen MR) is 76.1 cm³/mol. The van der Waals surface area contributed by atoms with Crippen molar-refractivity contribution < 1.29 is 13.5 Å². The Hall–Kier alpha value is -2.61. The SMILES string of the molecule is COc1cccc(F)c1C(C)Nc1ccc(F)c(C#N)c1. The van der Waals surface area contributed by atoms with E-state index in [2.05, 4.69) is 5.32 Å². The van der Waals surface area contributed by atoms with Crippen molar-refractivity contribution in [3.63, 3.8) is 0 Å². The number of nitriles is 1. The average Bonchev–Trinajstić information content (AvgIpc) is 2.48. The first-order chi connectivity index (χ1) is 10.1. The minimum absolute atomic E-state index is 0.0623. The third-order valence-corrected chi connectivity index (χ3v) is 3.14. The molecule has 2 aromatic carbocycles. The van der Waals surface area contributed by atoms with Crippen molar-refractivity contribution in [2.45, 2.75) is 13.0 Å². The fourth-order valence-electron chi connectivity index (χ4n) is 2.14. The van der Waals surface area contributed by atoms with Gasteiger partial charge in [-0.15, -0.1) is 0 Å². The Labute approximate surface area is 121 Å². The molecular formula is C16H14F2N2O. The molecule has 2 rings (SSSR count). The van der Waals surface area contributed by atoms with Crippen LogP contribution in [0.15, 0.2) is 36.4 Å². The quantitative estimate of drug-likeness (QED) is 0.924. The van der Waals surface area contributed by atoms with E-state index in [9.17, 15) is 8.78 Å². The fraction of sp³-hybridized carbons (Fsp3) is 0.188. The Kier molecular flexibility index (Phi) is 4.39. The summed E-state index contributed by atoms with van der Waals surface area (Å²) in [6.07, 6.45) is 0. The summed E-state index contributed by atoms with van der Waals surface area (Å²) in [7, 11) is 1.47. The van der Waals surface area contributed by atoms with Gasteiger partial charge in [0.15, 0.2) is 0 Å². The largest absolute Gasteiger partial charge is 0.496 e. The van der Waals surface area contributed by atoms with Gasteiger partial charge >= 0.3 is 0 Å². The lowest BCUT2D eigenvalue weighted by Gasteiger charge is -2.19. The molecule has 0 fully saturated rings. The molecule has 108 valence electrons. The van der Waals surface area contributed by atoms with Crippen molar-refractivity contribution in [2.24, 2.45) is 0 Å². The van der Waals surface area contributed by atoms with Crippen molar-refractivity contribution in [3.8, 4) is 11.8 Å². The number of nitrogens with zero attached hydrogens (tertiary/aromatic N) is 1. The zero-order valence-electron chi connectivity index (χ0n) is 11.7. The Bertz CT molecular complexity index is 695. The molecule has 0 spiro atoms. The molecule has 0 aliphatic carbocycles. The van der Waals surface area contributed by atoms with E-state index >= 15 is 0 Å². The van der Waals surface area contributed by atoms with Crippen molar-refractivity contribution in [1.82, 2.24) is 0 Å². The van der Waals surface area contributed by atoms with Gasteiger partial charge in [0.2, 0.25) is 0 Å². The van der Waals surface area contributed by atoms with Crippen molar-refractivity contribution in [2.75, 3.05) is 12.4 Å². The second kappa shape index (κ2) is 6.23. The second-order valence-electron chi connectivity index (χ2n) is 4.53. The second-order valence-corrected chi connectivity index (χ2v) is 4.53. The van der Waals surface area contributed by atoms with E-state index in [0.29, 0.717) is 17.0 Å². The van der Waals surface area contributed by atoms with Crippen molar-refractivity contribution in [3.05, 3.63) is 59.2 Å². The summed E-state index contributed by atoms with van der Waals surface area (Å²) < 4.78 is 32.4. The molecule has 1 unspecified atom stereocenters. The summed E-state index contributed by atoms with van der Waals surface area (Å²) >= 11 is 0. The minimum Gasteiger partial charge on any atom is -0.496 e. The summed E-state index contributed by atoms with van der Waals surface area (Å²) in [5.74, 6) is -0.547. The Morgan fingerprint density at radius 1 is 1.19 bits per heavy atom. The first-order valence-electron chi connectivity index (χ1n) is 6.35. The van der Waals surface area contributed by atoms with Crippen molar-refractivity contribution in [1.29, 1.82) is 5.26 Å². The van der Waals surface area contributed by atoms with Crippen LogP contribution in [0.1, 0.15) is 24.1 Å². The Morgan fingerprint density at radius 2 is 1.95 bits per heavy atom. The molecule has 21 heavy (non-hydrogen) atoms. The molecule has 5 heteroatoms. The van der Waals surface area contributed by atoms with E-state index in [1.807, 2.05) is 0 Å². The van der Waals surface area contributed by atoms with E-state index in [1.165, 1.54) is 31.4 Å². The maximum absolute atomic E-state index is 14.0. The van der Waals surface area contributed by atoms with Crippen LogP contribution in [0.4, 0.5) is 14.5 Å². The third-order valence-electron chi connectivity index (χ3n) is 3.14. The highest BCUT2D eigenvalue weighted by molar-refractivity contribution is 5.52. The highest BCUT2D eigenvalue weighted by Gasteiger charge is 2.16. The molecule has 3 nitrogen and oxygen atoms in total. The van der Waals surface area contributed by atoms with Crippen LogP contribution in [-0.4, -0.2) is 7.11 Å². The number of methoxy groups -OCH3 is 1. The first-order valence-corrected chi connectivity index (χ1v) is 6.35. The standard InChI is InChI=1S/C16H14F2N2O/c1-10(16-14(18)4-3-5-15(16)21-2)20-12-6-7-13(17)11(8-12)9-19/h3-8,10,20H,1-2H3. The van der Waals surface area contributed by atoms with Gasteiger partial charge in [0, 0.05) is 5.69 Å². The van der Waals surface area contributed by atoms with Crippen LogP contribution in [0, 0.1) is 23.0 Å². The zero-order valence-corrected chi connectivity index (χ0v) is 11.7. The molecule has 0 amide bonds. The monoisotopic (exact) mass is 288 g/mol. The number of hydrogen-bond acceptors (Lipinski definition) is 3. The lowest BCUT2D eigenvalue weighted by molar-refractivity contribution is 0.402. The molecule has 0 aliphatic rings. The first kappa shape index (κ1) is 14.8. The van der Waals surface area contributed by atoms with Crippen LogP contribution in [0.5, 0.6) is 5.75 Å². The van der Waals surface area contributed by atoms with Gasteiger partial charge in [-0.3, -0.25) is 0 Å². The van der Waals surface area contributed by atoms with Crippen LogP contribution >= 0.6 is 0 Å². The van der Waals surface area contributed by atoms with Crippen molar-refractivity contribution >= 4 is 5.69 Å². The summed E-state index contributed by atoms with van der Waals surface area (Å²) in [4.78, 5) is 0. The molecule has 1 N–H and O–H groups in total. The van der Waals surface area contributed by atoms with Gasteiger partial charge in [-0.1, -0.05) is 6.07 Å². The molecule has 2 aromatic rings. The molecule has 0 heterocycles. The van der Waals surface area contributed by atoms with Gasteiger partial charge in [-0.05, 0) is 37.3 Å². The summed E-state index contributed by atoms with van der Waals surface area (Å²) in [5, 5.41) is 11.9. The van der Waals surface area contributed by atoms with Gasteiger partial charge < -0.3 is 10.1 Å². The third kappa shape index (κ3) is 3.11. The summed E-state index contributed by atoms with van der Waals surface area (Å²) in [6.45, 7) is 1.76. The molecule has 0 aliphatic heterocycles. The molecular weight excluding hydrogens is 274 g/mol. The Balaban J connectivity index is 2.31. The fourth-order valence-corrected chi connectivity index (χ4v) is 2.14. The highest BCUT2D eigenvalue weighted by Crippen LogP contribution is 2.30. The number of halogens is 2. The highest BCUT2D eigenvalue weighted by atomic mass is 19.1. The van der Waals surface area contributed by atoms with Gasteiger partial charge in [-0.25, -0.2) is 8.78 Å². The number of hydrogen-bond donors (Lipinski definition) is 1. The van der Waals surface area contributed by atoms with Gasteiger partial charge in [0.1, 0.15) is 23.5 Å². The maximum atomic E-state index is 14.0. The molecule has 0 aromatic heterocycles. The minimum atomic E-state index is -0.584. The van der Waals surface area contributed by atoms with Crippen LogP contribution in [0.2, 0.25) is 0 Å². The normalized spacial score (nSPS) is 11.6. The van der Waals surface area contributed by atoms with Gasteiger partial charge in [-0.2, -0.15) is 5.26 Å².